The minimum Gasteiger partial charge on any atom is -0.548 e. The minimum absolute atomic E-state index is 0.888. The van der Waals surface area contributed by atoms with E-state index in [-0.39, 0.29) is 0 Å². The number of hydrogen-bond donors (Lipinski definition) is 3. The first-order valence-corrected chi connectivity index (χ1v) is 3.98. The number of aliphatic carboxylic acids is 2. The quantitative estimate of drug-likeness (QED) is 0.398. The molecule has 0 fully saturated rings. The first-order chi connectivity index (χ1) is 7.38. The second-order valence-electron chi connectivity index (χ2n) is 2.58. The summed E-state index contributed by atoms with van der Waals surface area (Å²) in [4.78, 5) is 41.8. The van der Waals surface area contributed by atoms with Crippen LogP contribution in [0.15, 0.2) is 0 Å². The van der Waals surface area contributed by atoms with Crippen LogP contribution in [0.1, 0.15) is 0 Å². The molecule has 0 aromatic rings. The van der Waals surface area contributed by atoms with E-state index < -0.39 is 42.9 Å². The van der Waals surface area contributed by atoms with Crippen LogP contribution in [0, 0.1) is 0 Å². The van der Waals surface area contributed by atoms with Crippen LogP contribution in [0.5, 0.6) is 0 Å². The third-order valence-electron chi connectivity index (χ3n) is 1.37. The van der Waals surface area contributed by atoms with Crippen molar-refractivity contribution in [2.24, 2.45) is 0 Å². The molecule has 2 amide bonds. The van der Waals surface area contributed by atoms with Gasteiger partial charge in [-0.15, -0.1) is 0 Å². The third kappa shape index (κ3) is 4.91. The largest absolute Gasteiger partial charge is 0.548 e. The lowest BCUT2D eigenvalue weighted by Gasteiger charge is -2.16. The number of nitrogens with one attached hydrogen (secondary N) is 2. The summed E-state index contributed by atoms with van der Waals surface area (Å²) in [5.74, 6) is -6.14. The van der Waals surface area contributed by atoms with Crippen LogP contribution in [0.3, 0.4) is 0 Å². The minimum atomic E-state index is -1.77. The number of hydrogen-bond acceptors (Lipinski definition) is 7. The van der Waals surface area contributed by atoms with Crippen molar-refractivity contribution in [3.63, 3.8) is 0 Å². The Labute approximate surface area is 89.1 Å². The molecular formula is C7H8N2O7-2. The van der Waals surface area contributed by atoms with Crippen LogP contribution in [0.25, 0.3) is 0 Å². The molecule has 16 heavy (non-hydrogen) atoms. The fraction of sp³-hybridized carbons (Fsp3) is 0.429. The molecule has 90 valence electrons. The van der Waals surface area contributed by atoms with Crippen molar-refractivity contribution in [1.29, 1.82) is 0 Å². The molecule has 0 radical (unpaired) electrons. The molecule has 0 heterocycles. The van der Waals surface area contributed by atoms with E-state index in [4.69, 9.17) is 5.11 Å². The lowest BCUT2D eigenvalue weighted by atomic mass is 10.3. The van der Waals surface area contributed by atoms with Crippen molar-refractivity contribution >= 4 is 23.8 Å². The molecule has 0 bridgehead atoms. The molecule has 0 aliphatic heterocycles. The fourth-order valence-corrected chi connectivity index (χ4v) is 0.636. The molecule has 0 saturated heterocycles. The Balaban J connectivity index is 4.18. The standard InChI is InChI=1S/C7H10N2O7/c10-2-3(7(15)16)9-6(14)5(13)8-1-4(11)12/h3,10H,1-2H2,(H,8,13)(H,9,14)(H,11,12)(H,15,16)/p-2/t3-/m1/s1. The van der Waals surface area contributed by atoms with Gasteiger partial charge in [-0.1, -0.05) is 0 Å². The van der Waals surface area contributed by atoms with Gasteiger partial charge in [0.15, 0.2) is 0 Å². The molecule has 1 atom stereocenters. The number of amides is 2. The van der Waals surface area contributed by atoms with Gasteiger partial charge in [-0.25, -0.2) is 0 Å². The second kappa shape index (κ2) is 6.35. The molecular weight excluding hydrogens is 224 g/mol. The highest BCUT2D eigenvalue weighted by Gasteiger charge is 2.18. The van der Waals surface area contributed by atoms with E-state index in [0.717, 1.165) is 0 Å². The van der Waals surface area contributed by atoms with E-state index in [2.05, 4.69) is 0 Å². The SMILES string of the molecule is O=C([O-])CNC(=O)C(=O)N[C@H](CO)C(=O)[O-]. The summed E-state index contributed by atoms with van der Waals surface area (Å²) >= 11 is 0. The van der Waals surface area contributed by atoms with E-state index in [1.807, 2.05) is 0 Å². The highest BCUT2D eigenvalue weighted by atomic mass is 16.4. The van der Waals surface area contributed by atoms with Crippen LogP contribution in [-0.4, -0.2) is 48.1 Å². The van der Waals surface area contributed by atoms with Gasteiger partial charge in [0.2, 0.25) is 0 Å². The van der Waals surface area contributed by atoms with Gasteiger partial charge < -0.3 is 35.5 Å². The summed E-state index contributed by atoms with van der Waals surface area (Å²) in [6.07, 6.45) is 0. The zero-order valence-corrected chi connectivity index (χ0v) is 7.89. The molecule has 0 unspecified atom stereocenters. The van der Waals surface area contributed by atoms with E-state index in [9.17, 15) is 29.4 Å². The lowest BCUT2D eigenvalue weighted by Crippen LogP contribution is -2.54. The van der Waals surface area contributed by atoms with Crippen molar-refractivity contribution in [2.45, 2.75) is 6.04 Å². The van der Waals surface area contributed by atoms with E-state index in [1.54, 1.807) is 10.6 Å². The van der Waals surface area contributed by atoms with Gasteiger partial charge in [0.05, 0.1) is 31.1 Å². The number of aliphatic hydroxyl groups is 1. The summed E-state index contributed by atoms with van der Waals surface area (Å²) in [5, 5.41) is 31.9. The van der Waals surface area contributed by atoms with Crippen LogP contribution in [0.2, 0.25) is 0 Å². The zero-order valence-electron chi connectivity index (χ0n) is 7.89. The predicted molar refractivity (Wildman–Crippen MR) is 42.0 cm³/mol. The van der Waals surface area contributed by atoms with Crippen LogP contribution in [-0.2, 0) is 19.2 Å². The maximum atomic E-state index is 10.9. The van der Waals surface area contributed by atoms with Crippen LogP contribution >= 0.6 is 0 Å². The van der Waals surface area contributed by atoms with Crippen molar-refractivity contribution < 1.29 is 34.5 Å². The predicted octanol–water partition coefficient (Wildman–Crippen LogP) is -5.92. The Hall–Kier alpha value is -2.16. The van der Waals surface area contributed by atoms with Crippen LogP contribution in [0.4, 0.5) is 0 Å². The van der Waals surface area contributed by atoms with Gasteiger partial charge in [-0.3, -0.25) is 9.59 Å². The summed E-state index contributed by atoms with van der Waals surface area (Å²) < 4.78 is 0. The Morgan fingerprint density at radius 1 is 1.12 bits per heavy atom. The molecule has 0 aliphatic rings. The summed E-state index contributed by atoms with van der Waals surface area (Å²) in [6.45, 7) is -1.84. The molecule has 0 aromatic carbocycles. The van der Waals surface area contributed by atoms with E-state index >= 15 is 0 Å². The lowest BCUT2D eigenvalue weighted by molar-refractivity contribution is -0.309. The number of aliphatic hydroxyl groups excluding tert-OH is 1. The van der Waals surface area contributed by atoms with Gasteiger partial charge in [0.25, 0.3) is 0 Å². The first kappa shape index (κ1) is 13.8. The maximum absolute atomic E-state index is 10.9. The molecule has 0 aliphatic carbocycles. The Morgan fingerprint density at radius 3 is 2.06 bits per heavy atom. The first-order valence-electron chi connectivity index (χ1n) is 3.98. The molecule has 9 heteroatoms. The normalized spacial score (nSPS) is 11.3. The van der Waals surface area contributed by atoms with Gasteiger partial charge in [-0.05, 0) is 0 Å². The van der Waals surface area contributed by atoms with Crippen molar-refractivity contribution in [3.05, 3.63) is 0 Å². The van der Waals surface area contributed by atoms with Gasteiger partial charge in [0, 0.05) is 0 Å². The number of carboxylic acid groups (broad SMARTS) is 2. The van der Waals surface area contributed by atoms with Gasteiger partial charge in [-0.2, -0.15) is 0 Å². The Kier molecular flexibility index (Phi) is 5.49. The average Bonchev–Trinajstić information content (AvgIpc) is 2.21. The Bertz CT molecular complexity index is 314. The molecule has 0 aromatic heterocycles. The van der Waals surface area contributed by atoms with Crippen molar-refractivity contribution in [1.82, 2.24) is 10.6 Å². The van der Waals surface area contributed by atoms with Gasteiger partial charge in [0.1, 0.15) is 0 Å². The zero-order chi connectivity index (χ0) is 12.7. The summed E-state index contributed by atoms with van der Waals surface area (Å²) in [5.41, 5.74) is 0. The number of carbonyl (C=O) groups excluding carboxylic acids is 4. The summed E-state index contributed by atoms with van der Waals surface area (Å²) in [6, 6.07) is -1.73. The Morgan fingerprint density at radius 2 is 1.69 bits per heavy atom. The molecule has 0 saturated carbocycles. The van der Waals surface area contributed by atoms with E-state index in [1.165, 1.54) is 0 Å². The fourth-order valence-electron chi connectivity index (χ4n) is 0.636. The molecule has 0 spiro atoms. The smallest absolute Gasteiger partial charge is 0.309 e. The van der Waals surface area contributed by atoms with Crippen molar-refractivity contribution in [3.8, 4) is 0 Å². The molecule has 0 rings (SSSR count). The molecule has 9 nitrogen and oxygen atoms in total. The highest BCUT2D eigenvalue weighted by Crippen LogP contribution is 1.80. The summed E-state index contributed by atoms with van der Waals surface area (Å²) in [7, 11) is 0. The topological polar surface area (TPSA) is 159 Å². The third-order valence-corrected chi connectivity index (χ3v) is 1.37. The molecule has 3 N–H and O–H groups in total. The second-order valence-corrected chi connectivity index (χ2v) is 2.58. The monoisotopic (exact) mass is 232 g/mol. The number of carbonyl (C=O) groups is 4. The van der Waals surface area contributed by atoms with Crippen LogP contribution < -0.4 is 20.8 Å². The highest BCUT2D eigenvalue weighted by molar-refractivity contribution is 6.35. The van der Waals surface area contributed by atoms with Crippen molar-refractivity contribution in [2.75, 3.05) is 13.2 Å². The maximum Gasteiger partial charge on any atom is 0.309 e. The average molecular weight is 232 g/mol. The van der Waals surface area contributed by atoms with Gasteiger partial charge >= 0.3 is 11.8 Å². The number of carboxylic acids is 2. The number of rotatable bonds is 5. The van der Waals surface area contributed by atoms with E-state index in [0.29, 0.717) is 0 Å².